The van der Waals surface area contributed by atoms with E-state index in [0.29, 0.717) is 0 Å². The first-order valence-electron chi connectivity index (χ1n) is 4.49. The molecule has 0 heterocycles. The Hall–Kier alpha value is -1.57. The number of alkyl halides is 5. The van der Waals surface area contributed by atoms with E-state index in [4.69, 9.17) is 0 Å². The molecule has 0 spiro atoms. The van der Waals surface area contributed by atoms with Crippen LogP contribution in [0.1, 0.15) is 0 Å². The van der Waals surface area contributed by atoms with Gasteiger partial charge in [0.05, 0.1) is 22.3 Å². The summed E-state index contributed by atoms with van der Waals surface area (Å²) in [5.74, 6) is -5.17. The van der Waals surface area contributed by atoms with E-state index in [1.165, 1.54) is 24.3 Å². The first-order chi connectivity index (χ1) is 8.29. The van der Waals surface area contributed by atoms with Gasteiger partial charge in [-0.25, -0.2) is 9.20 Å². The molecule has 98 valence electrons. The summed E-state index contributed by atoms with van der Waals surface area (Å²) in [5, 5.41) is 0.139. The number of hydrogen-bond donors (Lipinski definition) is 0. The van der Waals surface area contributed by atoms with Gasteiger partial charge in [-0.1, -0.05) is 18.2 Å². The average molecular weight is 283 g/mol. The number of para-hydroxylation sites is 1. The van der Waals surface area contributed by atoms with Crippen molar-refractivity contribution >= 4 is 28.0 Å². The fourth-order valence-electron chi connectivity index (χ4n) is 1.00. The molecule has 18 heavy (non-hydrogen) atoms. The Morgan fingerprint density at radius 3 is 2.11 bits per heavy atom. The molecule has 0 aliphatic carbocycles. The van der Waals surface area contributed by atoms with E-state index in [-0.39, 0.29) is 11.1 Å². The lowest BCUT2D eigenvalue weighted by Crippen LogP contribution is -2.44. The van der Waals surface area contributed by atoms with Gasteiger partial charge in [-0.3, -0.25) is 0 Å². The highest BCUT2D eigenvalue weighted by molar-refractivity contribution is 7.66. The fraction of sp³-hybridized carbons (Fsp3) is 0.200. The number of aliphatic imine (C=N–C) groups is 1. The molecule has 0 radical (unpaired) electrons. The highest BCUT2D eigenvalue weighted by atomic mass is 32.1. The molecule has 0 fully saturated rings. The Labute approximate surface area is 102 Å². The second-order valence-electron chi connectivity index (χ2n) is 3.12. The summed E-state index contributed by atoms with van der Waals surface area (Å²) >= 11 is -0.514. The third-order valence-corrected chi connectivity index (χ3v) is 2.16. The standard InChI is InChI=1S/C10H6F5NOS/c11-9(12,10(13,14)15)8(6-18-17)16-7-4-2-1-3-5-7/h1-6H. The van der Waals surface area contributed by atoms with Gasteiger partial charge in [0.25, 0.3) is 0 Å². The quantitative estimate of drug-likeness (QED) is 0.476. The summed E-state index contributed by atoms with van der Waals surface area (Å²) in [5.41, 5.74) is -1.72. The number of rotatable bonds is 3. The van der Waals surface area contributed by atoms with Crippen LogP contribution in [0.3, 0.4) is 0 Å². The van der Waals surface area contributed by atoms with Crippen LogP contribution < -0.4 is 0 Å². The highest BCUT2D eigenvalue weighted by Gasteiger charge is 2.60. The molecule has 0 aromatic heterocycles. The molecule has 0 N–H and O–H groups in total. The van der Waals surface area contributed by atoms with E-state index in [1.54, 1.807) is 6.07 Å². The lowest BCUT2D eigenvalue weighted by Gasteiger charge is -2.18. The van der Waals surface area contributed by atoms with Gasteiger partial charge in [-0.05, 0) is 12.1 Å². The predicted molar refractivity (Wildman–Crippen MR) is 58.7 cm³/mol. The van der Waals surface area contributed by atoms with E-state index < -0.39 is 29.1 Å². The van der Waals surface area contributed by atoms with Crippen molar-refractivity contribution in [2.24, 2.45) is 4.99 Å². The highest BCUT2D eigenvalue weighted by Crippen LogP contribution is 2.37. The van der Waals surface area contributed by atoms with Crippen molar-refractivity contribution in [1.29, 1.82) is 0 Å². The maximum atomic E-state index is 13.0. The summed E-state index contributed by atoms with van der Waals surface area (Å²) in [6, 6.07) is 6.89. The zero-order valence-corrected chi connectivity index (χ0v) is 9.43. The van der Waals surface area contributed by atoms with Crippen molar-refractivity contribution in [3.63, 3.8) is 0 Å². The van der Waals surface area contributed by atoms with Crippen LogP contribution in [0.2, 0.25) is 0 Å². The van der Waals surface area contributed by atoms with Gasteiger partial charge >= 0.3 is 12.1 Å². The van der Waals surface area contributed by atoms with Gasteiger partial charge < -0.3 is 0 Å². The van der Waals surface area contributed by atoms with Gasteiger partial charge in [0.15, 0.2) is 0 Å². The van der Waals surface area contributed by atoms with E-state index in [1.807, 2.05) is 0 Å². The minimum Gasteiger partial charge on any atom is -0.246 e. The summed E-state index contributed by atoms with van der Waals surface area (Å²) in [4.78, 5) is 3.16. The smallest absolute Gasteiger partial charge is 0.246 e. The fourth-order valence-corrected chi connectivity index (χ4v) is 1.29. The largest absolute Gasteiger partial charge is 0.459 e. The monoisotopic (exact) mass is 283 g/mol. The molecular weight excluding hydrogens is 277 g/mol. The average Bonchev–Trinajstić information content (AvgIpc) is 2.28. The summed E-state index contributed by atoms with van der Waals surface area (Å²) in [7, 11) is 0. The van der Waals surface area contributed by atoms with Crippen LogP contribution in [-0.4, -0.2) is 27.4 Å². The molecular formula is C10H6F5NOS. The van der Waals surface area contributed by atoms with Gasteiger partial charge in [-0.2, -0.15) is 22.0 Å². The zero-order valence-electron chi connectivity index (χ0n) is 8.62. The maximum absolute atomic E-state index is 13.0. The molecule has 1 rings (SSSR count). The topological polar surface area (TPSA) is 29.4 Å². The number of benzene rings is 1. The molecule has 1 aromatic rings. The molecule has 0 aliphatic rings. The summed E-state index contributed by atoms with van der Waals surface area (Å²) < 4.78 is 72.7. The molecule has 2 nitrogen and oxygen atoms in total. The van der Waals surface area contributed by atoms with Gasteiger partial charge in [0.2, 0.25) is 0 Å². The normalized spacial score (nSPS) is 13.3. The molecule has 8 heteroatoms. The Morgan fingerprint density at radius 2 is 1.67 bits per heavy atom. The SMILES string of the molecule is O=S=CC(=Nc1ccccc1)C(F)(F)C(F)(F)F. The molecule has 0 amide bonds. The van der Waals surface area contributed by atoms with Crippen molar-refractivity contribution in [1.82, 2.24) is 0 Å². The van der Waals surface area contributed by atoms with E-state index in [2.05, 4.69) is 4.99 Å². The van der Waals surface area contributed by atoms with Crippen molar-refractivity contribution in [2.75, 3.05) is 0 Å². The molecule has 0 aliphatic heterocycles. The molecule has 0 saturated heterocycles. The van der Waals surface area contributed by atoms with Crippen LogP contribution in [-0.2, 0) is 11.3 Å². The summed E-state index contributed by atoms with van der Waals surface area (Å²) in [6.45, 7) is 0. The lowest BCUT2D eigenvalue weighted by atomic mass is 10.2. The lowest BCUT2D eigenvalue weighted by molar-refractivity contribution is -0.248. The van der Waals surface area contributed by atoms with Crippen LogP contribution >= 0.6 is 0 Å². The Kier molecular flexibility index (Phi) is 4.33. The maximum Gasteiger partial charge on any atom is 0.459 e. The van der Waals surface area contributed by atoms with Crippen LogP contribution in [0.4, 0.5) is 27.6 Å². The molecule has 0 unspecified atom stereocenters. The van der Waals surface area contributed by atoms with E-state index in [9.17, 15) is 26.2 Å². The predicted octanol–water partition coefficient (Wildman–Crippen LogP) is 2.97. The zero-order chi connectivity index (χ0) is 13.8. The van der Waals surface area contributed by atoms with Crippen molar-refractivity contribution in [3.05, 3.63) is 30.3 Å². The van der Waals surface area contributed by atoms with Crippen LogP contribution in [0, 0.1) is 0 Å². The van der Waals surface area contributed by atoms with Crippen LogP contribution in [0.25, 0.3) is 0 Å². The van der Waals surface area contributed by atoms with Gasteiger partial charge in [0, 0.05) is 0 Å². The second-order valence-corrected chi connectivity index (χ2v) is 3.55. The van der Waals surface area contributed by atoms with Gasteiger partial charge in [0.1, 0.15) is 5.71 Å². The number of halogens is 5. The van der Waals surface area contributed by atoms with E-state index in [0.717, 1.165) is 0 Å². The summed E-state index contributed by atoms with van der Waals surface area (Å²) in [6.07, 6.45) is -5.80. The molecule has 0 atom stereocenters. The number of hydrogen-bond acceptors (Lipinski definition) is 2. The first kappa shape index (κ1) is 14.5. The minimum atomic E-state index is -5.80. The second kappa shape index (κ2) is 5.38. The van der Waals surface area contributed by atoms with Gasteiger partial charge in [-0.15, -0.1) is 0 Å². The Bertz CT molecular complexity index is 491. The minimum absolute atomic E-state index is 0.0956. The van der Waals surface area contributed by atoms with Crippen molar-refractivity contribution < 1.29 is 26.2 Å². The third kappa shape index (κ3) is 3.22. The molecule has 0 bridgehead atoms. The molecule has 1 aromatic carbocycles. The van der Waals surface area contributed by atoms with Crippen LogP contribution in [0.5, 0.6) is 0 Å². The number of nitrogens with zero attached hydrogens (tertiary/aromatic N) is 1. The van der Waals surface area contributed by atoms with Crippen LogP contribution in [0.15, 0.2) is 35.3 Å². The van der Waals surface area contributed by atoms with Crippen molar-refractivity contribution in [3.8, 4) is 0 Å². The third-order valence-electron chi connectivity index (χ3n) is 1.84. The van der Waals surface area contributed by atoms with Crippen molar-refractivity contribution in [2.45, 2.75) is 12.1 Å². The molecule has 0 saturated carbocycles. The Morgan fingerprint density at radius 1 is 1.11 bits per heavy atom. The van der Waals surface area contributed by atoms with E-state index >= 15 is 0 Å². The first-order valence-corrected chi connectivity index (χ1v) is 5.30. The Balaban J connectivity index is 3.28.